The molecule has 4 unspecified atom stereocenters. The Hall–Kier alpha value is -0.0800. The smallest absolute Gasteiger partial charge is 0.00148 e. The van der Waals surface area contributed by atoms with Crippen LogP contribution in [0.15, 0.2) is 0 Å². The van der Waals surface area contributed by atoms with E-state index in [9.17, 15) is 0 Å². The maximum Gasteiger partial charge on any atom is -0.00148 e. The fourth-order valence-electron chi connectivity index (χ4n) is 4.28. The highest BCUT2D eigenvalue weighted by Crippen LogP contribution is 2.69. The average Bonchev–Trinajstić information content (AvgIpc) is 2.60. The van der Waals surface area contributed by atoms with Gasteiger partial charge in [0.2, 0.25) is 0 Å². The first-order chi connectivity index (χ1) is 6.92. The van der Waals surface area contributed by atoms with Crippen LogP contribution in [-0.2, 0) is 0 Å². The molecule has 0 amide bonds. The quantitative estimate of drug-likeness (QED) is 0.646. The first kappa shape index (κ1) is 9.17. The van der Waals surface area contributed by atoms with Gasteiger partial charge in [-0.1, -0.05) is 0 Å². The zero-order chi connectivity index (χ0) is 9.54. The summed E-state index contributed by atoms with van der Waals surface area (Å²) in [4.78, 5) is 0. The van der Waals surface area contributed by atoms with E-state index in [1.165, 1.54) is 6.54 Å². The molecule has 3 fully saturated rings. The van der Waals surface area contributed by atoms with E-state index in [4.69, 9.17) is 5.73 Å². The lowest BCUT2D eigenvalue weighted by molar-refractivity contribution is 0.442. The third-order valence-corrected chi connectivity index (χ3v) is 4.83. The second-order valence-electron chi connectivity index (χ2n) is 5.50. The highest BCUT2D eigenvalue weighted by atomic mass is 14.9. The zero-order valence-corrected chi connectivity index (χ0v) is 8.91. The monoisotopic (exact) mass is 194 g/mol. The van der Waals surface area contributed by atoms with Gasteiger partial charge in [0.05, 0.1) is 0 Å². The molecule has 3 saturated carbocycles. The third-order valence-electron chi connectivity index (χ3n) is 4.83. The van der Waals surface area contributed by atoms with Crippen molar-refractivity contribution in [2.75, 3.05) is 19.6 Å². The molecule has 0 aromatic rings. The van der Waals surface area contributed by atoms with Crippen molar-refractivity contribution in [1.82, 2.24) is 5.32 Å². The Labute approximate surface area is 86.6 Å². The molecule has 3 aliphatic carbocycles. The van der Waals surface area contributed by atoms with Gasteiger partial charge < -0.3 is 11.1 Å². The van der Waals surface area contributed by atoms with Crippen molar-refractivity contribution in [2.24, 2.45) is 35.3 Å². The van der Waals surface area contributed by atoms with Gasteiger partial charge in [-0.2, -0.15) is 0 Å². The molecule has 4 atom stereocenters. The van der Waals surface area contributed by atoms with Crippen molar-refractivity contribution in [3.8, 4) is 0 Å². The molecule has 2 nitrogen and oxygen atoms in total. The van der Waals surface area contributed by atoms with Gasteiger partial charge in [0.25, 0.3) is 0 Å². The lowest BCUT2D eigenvalue weighted by Crippen LogP contribution is -2.22. The molecule has 80 valence electrons. The van der Waals surface area contributed by atoms with Crippen molar-refractivity contribution in [1.29, 1.82) is 0 Å². The number of nitrogens with one attached hydrogen (secondary N) is 1. The minimum Gasteiger partial charge on any atom is -0.330 e. The van der Waals surface area contributed by atoms with Crippen LogP contribution in [0.4, 0.5) is 0 Å². The summed E-state index contributed by atoms with van der Waals surface area (Å²) in [6, 6.07) is 0. The first-order valence-electron chi connectivity index (χ1n) is 6.32. The van der Waals surface area contributed by atoms with Crippen LogP contribution in [-0.4, -0.2) is 19.6 Å². The van der Waals surface area contributed by atoms with Crippen LogP contribution in [0.5, 0.6) is 0 Å². The van der Waals surface area contributed by atoms with E-state index >= 15 is 0 Å². The molecule has 3 N–H and O–H groups in total. The average molecular weight is 194 g/mol. The number of hydrogen-bond acceptors (Lipinski definition) is 2. The van der Waals surface area contributed by atoms with Gasteiger partial charge in [-0.3, -0.25) is 0 Å². The second-order valence-corrected chi connectivity index (χ2v) is 5.50. The summed E-state index contributed by atoms with van der Waals surface area (Å²) in [7, 11) is 0. The number of nitrogens with two attached hydrogens (primary N) is 1. The SMILES string of the molecule is NCCCNCC1C2C3CCC(C3)C12. The lowest BCUT2D eigenvalue weighted by atomic mass is 10.0. The highest BCUT2D eigenvalue weighted by Gasteiger charge is 2.64. The molecule has 0 aromatic carbocycles. The highest BCUT2D eigenvalue weighted by molar-refractivity contribution is 5.13. The molecule has 0 saturated heterocycles. The topological polar surface area (TPSA) is 38.0 Å². The number of fused-ring (bicyclic) bond motifs is 5. The van der Waals surface area contributed by atoms with Crippen molar-refractivity contribution >= 4 is 0 Å². The minimum atomic E-state index is 0.829. The maximum atomic E-state index is 5.47. The Bertz CT molecular complexity index is 200. The molecule has 0 spiro atoms. The molecule has 0 radical (unpaired) electrons. The van der Waals surface area contributed by atoms with Gasteiger partial charge in [-0.05, 0) is 74.9 Å². The summed E-state index contributed by atoms with van der Waals surface area (Å²) >= 11 is 0. The summed E-state index contributed by atoms with van der Waals surface area (Å²) in [6.07, 6.45) is 5.81. The van der Waals surface area contributed by atoms with Crippen molar-refractivity contribution in [2.45, 2.75) is 25.7 Å². The molecule has 2 heteroatoms. The minimum absolute atomic E-state index is 0.829. The van der Waals surface area contributed by atoms with Crippen LogP contribution in [0.2, 0.25) is 0 Å². The van der Waals surface area contributed by atoms with E-state index in [1.807, 2.05) is 0 Å². The van der Waals surface area contributed by atoms with Gasteiger partial charge in [0, 0.05) is 0 Å². The largest absolute Gasteiger partial charge is 0.330 e. The molecule has 14 heavy (non-hydrogen) atoms. The van der Waals surface area contributed by atoms with E-state index in [0.29, 0.717) is 0 Å². The molecule has 2 bridgehead atoms. The molecule has 3 aliphatic rings. The van der Waals surface area contributed by atoms with Gasteiger partial charge in [0.1, 0.15) is 0 Å². The van der Waals surface area contributed by atoms with Gasteiger partial charge in [-0.15, -0.1) is 0 Å². The predicted molar refractivity (Wildman–Crippen MR) is 57.8 cm³/mol. The third kappa shape index (κ3) is 1.31. The van der Waals surface area contributed by atoms with Crippen LogP contribution >= 0.6 is 0 Å². The fraction of sp³-hybridized carbons (Fsp3) is 1.00. The van der Waals surface area contributed by atoms with Crippen LogP contribution in [0.1, 0.15) is 25.7 Å². The van der Waals surface area contributed by atoms with E-state index in [1.54, 1.807) is 19.3 Å². The Kier molecular flexibility index (Phi) is 2.29. The summed E-state index contributed by atoms with van der Waals surface area (Å²) < 4.78 is 0. The molecule has 0 aliphatic heterocycles. The number of rotatable bonds is 5. The Balaban J connectivity index is 1.41. The van der Waals surface area contributed by atoms with Crippen LogP contribution in [0, 0.1) is 29.6 Å². The van der Waals surface area contributed by atoms with Crippen LogP contribution < -0.4 is 11.1 Å². The predicted octanol–water partition coefficient (Wildman–Crippen LogP) is 1.22. The normalized spacial score (nSPS) is 48.2. The number of hydrogen-bond donors (Lipinski definition) is 2. The standard InChI is InChI=1S/C12H22N2/c13-4-1-5-14-7-10-11-8-2-3-9(6-8)12(10)11/h8-12,14H,1-7,13H2. The molecule has 0 heterocycles. The molecule has 3 rings (SSSR count). The van der Waals surface area contributed by atoms with E-state index in [-0.39, 0.29) is 0 Å². The molecular weight excluding hydrogens is 172 g/mol. The Morgan fingerprint density at radius 1 is 1.14 bits per heavy atom. The van der Waals surface area contributed by atoms with Crippen molar-refractivity contribution in [3.63, 3.8) is 0 Å². The summed E-state index contributed by atoms with van der Waals surface area (Å²) in [5, 5.41) is 3.57. The maximum absolute atomic E-state index is 5.47. The van der Waals surface area contributed by atoms with Crippen LogP contribution in [0.25, 0.3) is 0 Å². The second kappa shape index (κ2) is 3.49. The van der Waals surface area contributed by atoms with Crippen molar-refractivity contribution in [3.05, 3.63) is 0 Å². The van der Waals surface area contributed by atoms with E-state index in [0.717, 1.165) is 49.1 Å². The summed E-state index contributed by atoms with van der Waals surface area (Å²) in [5.74, 6) is 5.59. The van der Waals surface area contributed by atoms with E-state index in [2.05, 4.69) is 5.32 Å². The van der Waals surface area contributed by atoms with Gasteiger partial charge in [-0.25, -0.2) is 0 Å². The zero-order valence-electron chi connectivity index (χ0n) is 8.91. The lowest BCUT2D eigenvalue weighted by Gasteiger charge is -2.09. The first-order valence-corrected chi connectivity index (χ1v) is 6.32. The van der Waals surface area contributed by atoms with Gasteiger partial charge >= 0.3 is 0 Å². The molecule has 0 aromatic heterocycles. The summed E-state index contributed by atoms with van der Waals surface area (Å²) in [5.41, 5.74) is 5.47. The van der Waals surface area contributed by atoms with E-state index < -0.39 is 0 Å². The van der Waals surface area contributed by atoms with Gasteiger partial charge in [0.15, 0.2) is 0 Å². The molecular formula is C12H22N2. The Morgan fingerprint density at radius 2 is 1.86 bits per heavy atom. The van der Waals surface area contributed by atoms with Crippen LogP contribution in [0.3, 0.4) is 0 Å². The Morgan fingerprint density at radius 3 is 2.50 bits per heavy atom. The summed E-state index contributed by atoms with van der Waals surface area (Å²) in [6.45, 7) is 3.24. The fourth-order valence-corrected chi connectivity index (χ4v) is 4.28. The van der Waals surface area contributed by atoms with Crippen molar-refractivity contribution < 1.29 is 0 Å².